The Morgan fingerprint density at radius 1 is 0.719 bits per heavy atom. The average Bonchev–Trinajstić information content (AvgIpc) is 2.83. The van der Waals surface area contributed by atoms with Gasteiger partial charge in [-0.05, 0) is 34.0 Å². The third-order valence-electron chi connectivity index (χ3n) is 5.01. The molecule has 0 bridgehead atoms. The van der Waals surface area contributed by atoms with Crippen molar-refractivity contribution in [2.24, 2.45) is 0 Å². The molecule has 0 unspecified atom stereocenters. The Kier molecular flexibility index (Phi) is 6.78. The first-order valence-electron chi connectivity index (χ1n) is 10.4. The van der Waals surface area contributed by atoms with Gasteiger partial charge < -0.3 is 14.8 Å². The first kappa shape index (κ1) is 21.1. The number of carbonyl (C=O) groups is 2. The third kappa shape index (κ3) is 5.73. The van der Waals surface area contributed by atoms with Gasteiger partial charge in [-0.3, -0.25) is 0 Å². The summed E-state index contributed by atoms with van der Waals surface area (Å²) < 4.78 is 10.9. The fourth-order valence-electron chi connectivity index (χ4n) is 3.37. The summed E-state index contributed by atoms with van der Waals surface area (Å²) in [6.45, 7) is 0.116. The number of benzene rings is 4. The molecule has 0 aliphatic rings. The van der Waals surface area contributed by atoms with E-state index in [1.54, 1.807) is 12.1 Å². The maximum absolute atomic E-state index is 13.0. The van der Waals surface area contributed by atoms with Crippen molar-refractivity contribution in [1.82, 2.24) is 5.32 Å². The van der Waals surface area contributed by atoms with Crippen LogP contribution in [0.15, 0.2) is 103 Å². The Bertz CT molecular complexity index is 1190. The molecule has 0 aliphatic carbocycles. The lowest BCUT2D eigenvalue weighted by Gasteiger charge is -2.18. The maximum atomic E-state index is 13.0. The van der Waals surface area contributed by atoms with Crippen molar-refractivity contribution >= 4 is 22.8 Å². The molecular formula is C27H23NO4. The predicted octanol–water partition coefficient (Wildman–Crippen LogP) is 5.28. The van der Waals surface area contributed by atoms with Gasteiger partial charge in [0.1, 0.15) is 18.4 Å². The van der Waals surface area contributed by atoms with E-state index in [1.165, 1.54) is 0 Å². The number of ether oxygens (including phenoxy) is 2. The van der Waals surface area contributed by atoms with Gasteiger partial charge in [-0.2, -0.15) is 0 Å². The number of rotatable bonds is 7. The van der Waals surface area contributed by atoms with Crippen molar-refractivity contribution in [1.29, 1.82) is 0 Å². The molecule has 0 aliphatic heterocycles. The fraction of sp³-hybridized carbons (Fsp3) is 0.111. The van der Waals surface area contributed by atoms with Crippen LogP contribution in [0.4, 0.5) is 4.79 Å². The summed E-state index contributed by atoms with van der Waals surface area (Å²) in [6, 6.07) is 31.2. The zero-order chi connectivity index (χ0) is 22.2. The van der Waals surface area contributed by atoms with Gasteiger partial charge in [-0.15, -0.1) is 0 Å². The normalized spacial score (nSPS) is 11.5. The minimum Gasteiger partial charge on any atom is -0.445 e. The monoisotopic (exact) mass is 425 g/mol. The van der Waals surface area contributed by atoms with Crippen molar-refractivity contribution in [2.75, 3.05) is 0 Å². The highest BCUT2D eigenvalue weighted by molar-refractivity contribution is 5.86. The minimum atomic E-state index is -0.896. The Morgan fingerprint density at radius 3 is 2.06 bits per heavy atom. The van der Waals surface area contributed by atoms with Crippen LogP contribution in [0.1, 0.15) is 11.1 Å². The summed E-state index contributed by atoms with van der Waals surface area (Å²) in [5.74, 6) is -0.132. The van der Waals surface area contributed by atoms with E-state index in [0.29, 0.717) is 5.75 Å². The van der Waals surface area contributed by atoms with Gasteiger partial charge in [0.15, 0.2) is 0 Å². The second kappa shape index (κ2) is 10.3. The Hall–Kier alpha value is -4.12. The summed E-state index contributed by atoms with van der Waals surface area (Å²) >= 11 is 0. The predicted molar refractivity (Wildman–Crippen MR) is 123 cm³/mol. The molecule has 0 radical (unpaired) electrons. The largest absolute Gasteiger partial charge is 0.445 e. The van der Waals surface area contributed by atoms with Crippen molar-refractivity contribution < 1.29 is 19.1 Å². The smallest absolute Gasteiger partial charge is 0.408 e. The van der Waals surface area contributed by atoms with Crippen LogP contribution in [-0.4, -0.2) is 18.1 Å². The van der Waals surface area contributed by atoms with E-state index in [9.17, 15) is 9.59 Å². The molecule has 0 saturated heterocycles. The summed E-state index contributed by atoms with van der Waals surface area (Å²) in [5.41, 5.74) is 1.76. The third-order valence-corrected chi connectivity index (χ3v) is 5.01. The SMILES string of the molecule is O=C(N[C@@H](Cc1ccccc1)C(=O)Oc1ccc2ccccc2c1)OCc1ccccc1. The van der Waals surface area contributed by atoms with Gasteiger partial charge in [-0.1, -0.05) is 91.0 Å². The quantitative estimate of drug-likeness (QED) is 0.323. The molecule has 4 rings (SSSR count). The first-order valence-corrected chi connectivity index (χ1v) is 10.4. The van der Waals surface area contributed by atoms with Crippen LogP contribution >= 0.6 is 0 Å². The zero-order valence-corrected chi connectivity index (χ0v) is 17.4. The highest BCUT2D eigenvalue weighted by Gasteiger charge is 2.24. The topological polar surface area (TPSA) is 64.6 Å². The molecule has 0 fully saturated rings. The van der Waals surface area contributed by atoms with Crippen molar-refractivity contribution in [3.8, 4) is 5.75 Å². The van der Waals surface area contributed by atoms with E-state index < -0.39 is 18.1 Å². The van der Waals surface area contributed by atoms with E-state index >= 15 is 0 Å². The lowest BCUT2D eigenvalue weighted by molar-refractivity contribution is -0.136. The van der Waals surface area contributed by atoms with Gasteiger partial charge in [-0.25, -0.2) is 9.59 Å². The van der Waals surface area contributed by atoms with E-state index in [-0.39, 0.29) is 13.0 Å². The molecule has 0 saturated carbocycles. The number of hydrogen-bond donors (Lipinski definition) is 1. The van der Waals surface area contributed by atoms with Gasteiger partial charge >= 0.3 is 12.1 Å². The molecule has 1 amide bonds. The molecule has 0 aromatic heterocycles. The molecule has 0 heterocycles. The number of hydrogen-bond acceptors (Lipinski definition) is 4. The number of fused-ring (bicyclic) bond motifs is 1. The molecule has 32 heavy (non-hydrogen) atoms. The summed E-state index contributed by atoms with van der Waals surface area (Å²) in [4.78, 5) is 25.4. The van der Waals surface area contributed by atoms with Gasteiger partial charge in [0.25, 0.3) is 0 Å². The highest BCUT2D eigenvalue weighted by atomic mass is 16.6. The van der Waals surface area contributed by atoms with Gasteiger partial charge in [0, 0.05) is 6.42 Å². The number of carbonyl (C=O) groups excluding carboxylic acids is 2. The molecule has 0 spiro atoms. The van der Waals surface area contributed by atoms with Crippen LogP contribution in [-0.2, 0) is 22.6 Å². The number of nitrogens with one attached hydrogen (secondary N) is 1. The minimum absolute atomic E-state index is 0.116. The van der Waals surface area contributed by atoms with E-state index in [2.05, 4.69) is 5.32 Å². The average molecular weight is 425 g/mol. The molecule has 1 N–H and O–H groups in total. The van der Waals surface area contributed by atoms with Crippen LogP contribution in [0.25, 0.3) is 10.8 Å². The van der Waals surface area contributed by atoms with E-state index in [0.717, 1.165) is 21.9 Å². The zero-order valence-electron chi connectivity index (χ0n) is 17.4. The van der Waals surface area contributed by atoms with Crippen molar-refractivity contribution in [3.63, 3.8) is 0 Å². The van der Waals surface area contributed by atoms with Gasteiger partial charge in [0.05, 0.1) is 0 Å². The Labute approximate surface area is 186 Å². The van der Waals surface area contributed by atoms with Crippen molar-refractivity contribution in [3.05, 3.63) is 114 Å². The van der Waals surface area contributed by atoms with Crippen LogP contribution < -0.4 is 10.1 Å². The summed E-state index contributed by atoms with van der Waals surface area (Å²) in [5, 5.41) is 4.67. The van der Waals surface area contributed by atoms with Crippen molar-refractivity contribution in [2.45, 2.75) is 19.1 Å². The summed E-state index contributed by atoms with van der Waals surface area (Å²) in [6.07, 6.45) is -0.390. The number of alkyl carbamates (subject to hydrolysis) is 1. The number of esters is 1. The summed E-state index contributed by atoms with van der Waals surface area (Å²) in [7, 11) is 0. The molecule has 4 aromatic rings. The Balaban J connectivity index is 1.45. The van der Waals surface area contributed by atoms with Crippen LogP contribution in [0.2, 0.25) is 0 Å². The van der Waals surface area contributed by atoms with Gasteiger partial charge in [0.2, 0.25) is 0 Å². The lowest BCUT2D eigenvalue weighted by atomic mass is 10.1. The molecule has 5 heteroatoms. The molecule has 5 nitrogen and oxygen atoms in total. The highest BCUT2D eigenvalue weighted by Crippen LogP contribution is 2.21. The number of amides is 1. The molecule has 160 valence electrons. The second-order valence-electron chi connectivity index (χ2n) is 7.38. The van der Waals surface area contributed by atoms with E-state index in [4.69, 9.17) is 9.47 Å². The maximum Gasteiger partial charge on any atom is 0.408 e. The lowest BCUT2D eigenvalue weighted by Crippen LogP contribution is -2.44. The first-order chi connectivity index (χ1) is 15.7. The Morgan fingerprint density at radius 2 is 1.34 bits per heavy atom. The van der Waals surface area contributed by atoms with Crippen LogP contribution in [0.5, 0.6) is 5.75 Å². The van der Waals surface area contributed by atoms with Crippen LogP contribution in [0.3, 0.4) is 0 Å². The molecular weight excluding hydrogens is 402 g/mol. The molecule has 1 atom stereocenters. The standard InChI is InChI=1S/C27H23NO4/c29-26(32-24-16-15-22-13-7-8-14-23(22)18-24)25(17-20-9-3-1-4-10-20)28-27(30)31-19-21-11-5-2-6-12-21/h1-16,18,25H,17,19H2,(H,28,30)/t25-/m0/s1. The van der Waals surface area contributed by atoms with E-state index in [1.807, 2.05) is 91.0 Å². The van der Waals surface area contributed by atoms with Crippen LogP contribution in [0, 0.1) is 0 Å². The second-order valence-corrected chi connectivity index (χ2v) is 7.38. The fourth-order valence-corrected chi connectivity index (χ4v) is 3.37. The molecule has 4 aromatic carbocycles.